The average Bonchev–Trinajstić information content (AvgIpc) is 2.59. The molecular weight excluding hydrogens is 334 g/mol. The van der Waals surface area contributed by atoms with Crippen molar-refractivity contribution in [3.05, 3.63) is 58.0 Å². The maximum Gasteiger partial charge on any atom is 0.199 e. The van der Waals surface area contributed by atoms with Crippen LogP contribution in [-0.4, -0.2) is 15.0 Å². The number of para-hydroxylation sites is 1. The minimum atomic E-state index is -0.276. The predicted octanol–water partition coefficient (Wildman–Crippen LogP) is 5.22. The van der Waals surface area contributed by atoms with E-state index < -0.39 is 0 Å². The van der Waals surface area contributed by atoms with E-state index in [0.717, 1.165) is 33.5 Å². The second-order valence-electron chi connectivity index (χ2n) is 9.28. The molecular formula is C23H25N3O. The number of pyridine rings is 3. The third kappa shape index (κ3) is 2.80. The fourth-order valence-electron chi connectivity index (χ4n) is 3.51. The Balaban J connectivity index is 2.26. The monoisotopic (exact) mass is 359 g/mol. The van der Waals surface area contributed by atoms with Gasteiger partial charge in [-0.15, -0.1) is 0 Å². The molecule has 0 saturated carbocycles. The van der Waals surface area contributed by atoms with Crippen LogP contribution in [0.25, 0.3) is 32.8 Å². The average molecular weight is 359 g/mol. The van der Waals surface area contributed by atoms with Gasteiger partial charge in [-0.3, -0.25) is 4.79 Å². The van der Waals surface area contributed by atoms with E-state index in [1.807, 2.05) is 30.3 Å². The number of hydrogen-bond donors (Lipinski definition) is 1. The fraction of sp³-hybridized carbons (Fsp3) is 0.348. The molecule has 4 nitrogen and oxygen atoms in total. The Hall–Kier alpha value is -2.75. The Morgan fingerprint density at radius 2 is 1.52 bits per heavy atom. The molecule has 0 aliphatic heterocycles. The summed E-state index contributed by atoms with van der Waals surface area (Å²) in [6.07, 6.45) is 0. The summed E-state index contributed by atoms with van der Waals surface area (Å²) in [5, 5.41) is 2.16. The molecule has 0 radical (unpaired) electrons. The van der Waals surface area contributed by atoms with E-state index in [0.29, 0.717) is 10.8 Å². The van der Waals surface area contributed by atoms with Gasteiger partial charge in [-0.1, -0.05) is 53.7 Å². The van der Waals surface area contributed by atoms with Crippen molar-refractivity contribution in [1.82, 2.24) is 15.0 Å². The third-order valence-corrected chi connectivity index (χ3v) is 5.00. The smallest absolute Gasteiger partial charge is 0.199 e. The number of nitrogens with zero attached hydrogens (tertiary/aromatic N) is 2. The van der Waals surface area contributed by atoms with Gasteiger partial charge in [-0.2, -0.15) is 0 Å². The highest BCUT2D eigenvalue weighted by atomic mass is 16.1. The first kappa shape index (κ1) is 17.7. The molecule has 0 aliphatic rings. The maximum absolute atomic E-state index is 13.3. The van der Waals surface area contributed by atoms with E-state index in [1.54, 1.807) is 0 Å². The first-order valence-electron chi connectivity index (χ1n) is 9.34. The van der Waals surface area contributed by atoms with Crippen LogP contribution in [0.4, 0.5) is 0 Å². The van der Waals surface area contributed by atoms with Crippen LogP contribution < -0.4 is 5.43 Å². The Bertz CT molecular complexity index is 1250. The van der Waals surface area contributed by atoms with Crippen LogP contribution >= 0.6 is 0 Å². The number of rotatable bonds is 0. The molecule has 27 heavy (non-hydrogen) atoms. The zero-order valence-electron chi connectivity index (χ0n) is 16.8. The molecule has 138 valence electrons. The quantitative estimate of drug-likeness (QED) is 0.346. The summed E-state index contributed by atoms with van der Waals surface area (Å²) in [5.74, 6) is 0. The zero-order chi connectivity index (χ0) is 19.6. The third-order valence-electron chi connectivity index (χ3n) is 5.00. The molecule has 0 amide bonds. The number of aromatic nitrogens is 3. The molecule has 0 spiro atoms. The zero-order valence-corrected chi connectivity index (χ0v) is 16.8. The van der Waals surface area contributed by atoms with E-state index in [2.05, 4.69) is 52.6 Å². The molecule has 4 heteroatoms. The molecule has 0 fully saturated rings. The van der Waals surface area contributed by atoms with Crippen molar-refractivity contribution in [2.24, 2.45) is 0 Å². The van der Waals surface area contributed by atoms with Crippen LogP contribution in [0.3, 0.4) is 0 Å². The van der Waals surface area contributed by atoms with E-state index >= 15 is 0 Å². The van der Waals surface area contributed by atoms with Crippen LogP contribution in [0, 0.1) is 0 Å². The Kier molecular flexibility index (Phi) is 3.68. The van der Waals surface area contributed by atoms with Gasteiger partial charge in [-0.25, -0.2) is 9.97 Å². The van der Waals surface area contributed by atoms with Crippen LogP contribution in [-0.2, 0) is 10.8 Å². The van der Waals surface area contributed by atoms with Gasteiger partial charge in [0.15, 0.2) is 5.43 Å². The predicted molar refractivity (Wildman–Crippen MR) is 113 cm³/mol. The Labute approximate surface area is 158 Å². The molecule has 0 bridgehead atoms. The lowest BCUT2D eigenvalue weighted by Crippen LogP contribution is -2.20. The Morgan fingerprint density at radius 3 is 2.19 bits per heavy atom. The van der Waals surface area contributed by atoms with Crippen molar-refractivity contribution in [3.63, 3.8) is 0 Å². The van der Waals surface area contributed by atoms with Crippen molar-refractivity contribution < 1.29 is 0 Å². The molecule has 3 aromatic heterocycles. The highest BCUT2D eigenvalue weighted by Gasteiger charge is 2.25. The molecule has 0 atom stereocenters. The standard InChI is InChI=1S/C23H25N3O/c1-22(2,3)16-12-11-14-18-17(20(23(4,5)6)26-21(14)25-16)19(27)13-9-7-8-10-15(13)24-18/h7-12H,1-6H3,(H,25,26). The van der Waals surface area contributed by atoms with Crippen molar-refractivity contribution in [2.75, 3.05) is 0 Å². The normalized spacial score (nSPS) is 13.0. The first-order chi connectivity index (χ1) is 12.6. The highest BCUT2D eigenvalue weighted by molar-refractivity contribution is 6.07. The molecule has 1 aromatic carbocycles. The van der Waals surface area contributed by atoms with Crippen LogP contribution in [0.5, 0.6) is 0 Å². The fourth-order valence-corrected chi connectivity index (χ4v) is 3.51. The lowest BCUT2D eigenvalue weighted by Gasteiger charge is -2.23. The summed E-state index contributed by atoms with van der Waals surface area (Å²) >= 11 is 0. The SMILES string of the molecule is CC(C)(C)c1ccc2c(nc(C(C)(C)C)c3c(=O)c4ccccc4nc32)[nH]1. The largest absolute Gasteiger partial charge is 0.343 e. The van der Waals surface area contributed by atoms with Crippen LogP contribution in [0.2, 0.25) is 0 Å². The number of aromatic amines is 1. The number of hydrogen-bond acceptors (Lipinski definition) is 3. The minimum absolute atomic E-state index is 0.00910. The number of H-pyrrole nitrogens is 1. The number of fused-ring (bicyclic) bond motifs is 4. The van der Waals surface area contributed by atoms with Crippen LogP contribution in [0.15, 0.2) is 41.2 Å². The van der Waals surface area contributed by atoms with Gasteiger partial charge in [-0.05, 0) is 24.3 Å². The lowest BCUT2D eigenvalue weighted by molar-refractivity contribution is 0.567. The van der Waals surface area contributed by atoms with Crippen molar-refractivity contribution >= 4 is 32.8 Å². The van der Waals surface area contributed by atoms with Gasteiger partial charge in [0.05, 0.1) is 22.1 Å². The number of nitrogens with one attached hydrogen (secondary N) is 1. The van der Waals surface area contributed by atoms with Gasteiger partial charge < -0.3 is 4.98 Å². The molecule has 1 N–H and O–H groups in total. The molecule has 0 saturated heterocycles. The summed E-state index contributed by atoms with van der Waals surface area (Å²) in [7, 11) is 0. The highest BCUT2D eigenvalue weighted by Crippen LogP contribution is 2.32. The Morgan fingerprint density at radius 1 is 0.815 bits per heavy atom. The molecule has 0 aliphatic carbocycles. The second kappa shape index (κ2) is 5.62. The van der Waals surface area contributed by atoms with Gasteiger partial charge in [0.2, 0.25) is 0 Å². The summed E-state index contributed by atoms with van der Waals surface area (Å²) in [6, 6.07) is 11.6. The summed E-state index contributed by atoms with van der Waals surface area (Å²) in [5.41, 5.74) is 3.83. The summed E-state index contributed by atoms with van der Waals surface area (Å²) in [4.78, 5) is 26.6. The topological polar surface area (TPSA) is 58.6 Å². The first-order valence-corrected chi connectivity index (χ1v) is 9.34. The molecule has 4 rings (SSSR count). The number of benzene rings is 1. The van der Waals surface area contributed by atoms with Gasteiger partial charge in [0.1, 0.15) is 5.65 Å². The van der Waals surface area contributed by atoms with Crippen molar-refractivity contribution in [3.8, 4) is 0 Å². The van der Waals surface area contributed by atoms with Crippen LogP contribution in [0.1, 0.15) is 52.9 Å². The summed E-state index contributed by atoms with van der Waals surface area (Å²) < 4.78 is 0. The lowest BCUT2D eigenvalue weighted by atomic mass is 9.87. The van der Waals surface area contributed by atoms with E-state index in [4.69, 9.17) is 9.97 Å². The van der Waals surface area contributed by atoms with Gasteiger partial charge >= 0.3 is 0 Å². The van der Waals surface area contributed by atoms with Gasteiger partial charge in [0.25, 0.3) is 0 Å². The van der Waals surface area contributed by atoms with E-state index in [9.17, 15) is 4.79 Å². The molecule has 0 unspecified atom stereocenters. The van der Waals surface area contributed by atoms with Gasteiger partial charge in [0, 0.05) is 27.3 Å². The van der Waals surface area contributed by atoms with Crippen molar-refractivity contribution in [2.45, 2.75) is 52.4 Å². The van der Waals surface area contributed by atoms with E-state index in [-0.39, 0.29) is 16.3 Å². The maximum atomic E-state index is 13.3. The second-order valence-corrected chi connectivity index (χ2v) is 9.28. The molecule has 3 heterocycles. The van der Waals surface area contributed by atoms with E-state index in [1.165, 1.54) is 0 Å². The minimum Gasteiger partial charge on any atom is -0.343 e. The summed E-state index contributed by atoms with van der Waals surface area (Å²) in [6.45, 7) is 12.8. The van der Waals surface area contributed by atoms with Crippen molar-refractivity contribution in [1.29, 1.82) is 0 Å². The molecule has 4 aromatic rings.